The van der Waals surface area contributed by atoms with Crippen LogP contribution < -0.4 is 9.62 Å². The number of hydrogen-bond donors (Lipinski definition) is 1. The number of rotatable bonds is 10. The quantitative estimate of drug-likeness (QED) is 0.348. The molecular weight excluding hydrogens is 541 g/mol. The molecule has 0 bridgehead atoms. The van der Waals surface area contributed by atoms with Crippen molar-refractivity contribution in [3.63, 3.8) is 0 Å². The van der Waals surface area contributed by atoms with Crippen molar-refractivity contribution in [3.05, 3.63) is 94.8 Å². The number of halogens is 1. The zero-order valence-corrected chi connectivity index (χ0v) is 24.9. The van der Waals surface area contributed by atoms with Crippen LogP contribution >= 0.6 is 0 Å². The molecule has 4 rings (SSSR count). The molecule has 2 amide bonds. The summed E-state index contributed by atoms with van der Waals surface area (Å²) in [6, 6.07) is 16.8. The lowest BCUT2D eigenvalue weighted by Crippen LogP contribution is -2.52. The van der Waals surface area contributed by atoms with Gasteiger partial charge in [0.05, 0.1) is 10.6 Å². The van der Waals surface area contributed by atoms with E-state index in [-0.39, 0.29) is 23.4 Å². The Morgan fingerprint density at radius 2 is 1.49 bits per heavy atom. The Morgan fingerprint density at radius 3 is 2.07 bits per heavy atom. The van der Waals surface area contributed by atoms with Crippen molar-refractivity contribution >= 4 is 27.5 Å². The van der Waals surface area contributed by atoms with Crippen molar-refractivity contribution in [2.75, 3.05) is 10.8 Å². The molecule has 41 heavy (non-hydrogen) atoms. The number of hydrogen-bond acceptors (Lipinski definition) is 4. The first kappa shape index (κ1) is 30.2. The fourth-order valence-electron chi connectivity index (χ4n) is 5.22. The Labute approximate surface area is 242 Å². The lowest BCUT2D eigenvalue weighted by molar-refractivity contribution is -0.139. The number of anilines is 1. The summed E-state index contributed by atoms with van der Waals surface area (Å²) < 4.78 is 42.7. The van der Waals surface area contributed by atoms with Crippen molar-refractivity contribution in [2.24, 2.45) is 0 Å². The Hall–Kier alpha value is -3.72. The number of nitrogens with one attached hydrogen (secondary N) is 1. The number of amides is 2. The molecule has 218 valence electrons. The van der Waals surface area contributed by atoms with Gasteiger partial charge in [-0.05, 0) is 93.6 Å². The molecule has 7 nitrogen and oxygen atoms in total. The van der Waals surface area contributed by atoms with E-state index in [1.807, 2.05) is 26.8 Å². The van der Waals surface area contributed by atoms with Gasteiger partial charge in [-0.1, -0.05) is 48.7 Å². The van der Waals surface area contributed by atoms with E-state index in [0.717, 1.165) is 46.7 Å². The average Bonchev–Trinajstić information content (AvgIpc) is 3.43. The summed E-state index contributed by atoms with van der Waals surface area (Å²) >= 11 is 0. The highest BCUT2D eigenvalue weighted by Crippen LogP contribution is 2.27. The van der Waals surface area contributed by atoms with Crippen molar-refractivity contribution < 1.29 is 22.4 Å². The maximum atomic E-state index is 14.0. The van der Waals surface area contributed by atoms with Crippen molar-refractivity contribution in [2.45, 2.75) is 76.9 Å². The predicted molar refractivity (Wildman–Crippen MR) is 158 cm³/mol. The van der Waals surface area contributed by atoms with Crippen LogP contribution in [0.2, 0.25) is 0 Å². The van der Waals surface area contributed by atoms with Gasteiger partial charge in [-0.2, -0.15) is 0 Å². The van der Waals surface area contributed by atoms with Crippen molar-refractivity contribution in [3.8, 4) is 0 Å². The van der Waals surface area contributed by atoms with Gasteiger partial charge in [-0.3, -0.25) is 13.9 Å². The third kappa shape index (κ3) is 7.52. The molecule has 0 aromatic heterocycles. The second-order valence-electron chi connectivity index (χ2n) is 11.0. The van der Waals surface area contributed by atoms with Gasteiger partial charge in [0.2, 0.25) is 11.8 Å². The van der Waals surface area contributed by atoms with Gasteiger partial charge in [0.15, 0.2) is 0 Å². The van der Waals surface area contributed by atoms with Crippen LogP contribution in [0.3, 0.4) is 0 Å². The minimum atomic E-state index is -4.14. The van der Waals surface area contributed by atoms with Crippen LogP contribution in [0.15, 0.2) is 71.6 Å². The van der Waals surface area contributed by atoms with Crippen LogP contribution in [0.5, 0.6) is 0 Å². The third-order valence-electron chi connectivity index (χ3n) is 7.52. The van der Waals surface area contributed by atoms with Crippen molar-refractivity contribution in [1.29, 1.82) is 0 Å². The van der Waals surface area contributed by atoms with E-state index in [1.165, 1.54) is 29.2 Å². The lowest BCUT2D eigenvalue weighted by atomic mass is 10.1. The minimum absolute atomic E-state index is 0.0175. The number of carbonyl (C=O) groups excluding carboxylic acids is 2. The van der Waals surface area contributed by atoms with E-state index >= 15 is 0 Å². The standard InChI is InChI=1S/C32H38FN3O4S/c1-22-9-15-30(16-10-22)41(39,40)36(29-18-23(2)17-24(3)19-29)21-31(37)35(20-26-11-13-27(33)14-12-26)25(4)32(38)34-28-7-5-6-8-28/h9-19,25,28H,5-8,20-21H2,1-4H3,(H,34,38)/t25-/m1/s1. The minimum Gasteiger partial charge on any atom is -0.352 e. The smallest absolute Gasteiger partial charge is 0.264 e. The molecule has 0 heterocycles. The molecule has 1 fully saturated rings. The first-order valence-electron chi connectivity index (χ1n) is 14.0. The highest BCUT2D eigenvalue weighted by molar-refractivity contribution is 7.92. The third-order valence-corrected chi connectivity index (χ3v) is 9.31. The summed E-state index contributed by atoms with van der Waals surface area (Å²) in [5.74, 6) is -1.26. The predicted octanol–water partition coefficient (Wildman–Crippen LogP) is 5.42. The molecule has 3 aromatic carbocycles. The summed E-state index contributed by atoms with van der Waals surface area (Å²) in [5.41, 5.74) is 3.60. The zero-order valence-electron chi connectivity index (χ0n) is 24.1. The van der Waals surface area contributed by atoms with E-state index in [0.29, 0.717) is 11.3 Å². The summed E-state index contributed by atoms with van der Waals surface area (Å²) in [7, 11) is -4.14. The van der Waals surface area contributed by atoms with Crippen LogP contribution in [-0.2, 0) is 26.2 Å². The van der Waals surface area contributed by atoms with Gasteiger partial charge in [-0.15, -0.1) is 0 Å². The Balaban J connectivity index is 1.70. The molecule has 0 saturated heterocycles. The molecule has 0 radical (unpaired) electrons. The Morgan fingerprint density at radius 1 is 0.902 bits per heavy atom. The first-order valence-corrected chi connectivity index (χ1v) is 15.4. The van der Waals surface area contributed by atoms with Crippen LogP contribution in [0.25, 0.3) is 0 Å². The second-order valence-corrected chi connectivity index (χ2v) is 12.8. The van der Waals surface area contributed by atoms with Crippen LogP contribution in [-0.4, -0.2) is 43.8 Å². The zero-order chi connectivity index (χ0) is 29.7. The maximum Gasteiger partial charge on any atom is 0.264 e. The number of carbonyl (C=O) groups is 2. The van der Waals surface area contributed by atoms with Gasteiger partial charge in [0.1, 0.15) is 18.4 Å². The van der Waals surface area contributed by atoms with Crippen LogP contribution in [0.4, 0.5) is 10.1 Å². The molecule has 9 heteroatoms. The molecule has 1 aliphatic rings. The fraction of sp³-hybridized carbons (Fsp3) is 0.375. The molecule has 1 aliphatic carbocycles. The summed E-state index contributed by atoms with van der Waals surface area (Å²) in [5, 5.41) is 3.05. The van der Waals surface area contributed by atoms with Gasteiger partial charge in [-0.25, -0.2) is 12.8 Å². The highest BCUT2D eigenvalue weighted by Gasteiger charge is 2.33. The first-order chi connectivity index (χ1) is 19.4. The van der Waals surface area contributed by atoms with E-state index in [4.69, 9.17) is 0 Å². The largest absolute Gasteiger partial charge is 0.352 e. The molecular formula is C32H38FN3O4S. The number of benzene rings is 3. The Bertz CT molecular complexity index is 1460. The molecule has 0 spiro atoms. The summed E-state index contributed by atoms with van der Waals surface area (Å²) in [6.07, 6.45) is 3.86. The molecule has 1 saturated carbocycles. The SMILES string of the molecule is Cc1ccc(S(=O)(=O)N(CC(=O)N(Cc2ccc(F)cc2)[C@H](C)C(=O)NC2CCCC2)c2cc(C)cc(C)c2)cc1. The topological polar surface area (TPSA) is 86.8 Å². The van der Waals surface area contributed by atoms with E-state index in [2.05, 4.69) is 5.32 Å². The maximum absolute atomic E-state index is 14.0. The summed E-state index contributed by atoms with van der Waals surface area (Å²) in [6.45, 7) is 6.75. The molecule has 0 unspecified atom stereocenters. The normalized spacial score (nSPS) is 14.5. The van der Waals surface area contributed by atoms with E-state index in [1.54, 1.807) is 43.3 Å². The fourth-order valence-corrected chi connectivity index (χ4v) is 6.62. The monoisotopic (exact) mass is 579 g/mol. The lowest BCUT2D eigenvalue weighted by Gasteiger charge is -2.32. The number of aryl methyl sites for hydroxylation is 3. The number of sulfonamides is 1. The second kappa shape index (κ2) is 12.9. The molecule has 0 aliphatic heterocycles. The van der Waals surface area contributed by atoms with Gasteiger partial charge in [0, 0.05) is 12.6 Å². The van der Waals surface area contributed by atoms with Crippen LogP contribution in [0.1, 0.15) is 54.9 Å². The highest BCUT2D eigenvalue weighted by atomic mass is 32.2. The molecule has 3 aromatic rings. The van der Waals surface area contributed by atoms with Gasteiger partial charge in [0.25, 0.3) is 10.0 Å². The van der Waals surface area contributed by atoms with Gasteiger partial charge < -0.3 is 10.2 Å². The number of nitrogens with zero attached hydrogens (tertiary/aromatic N) is 2. The van der Waals surface area contributed by atoms with E-state index in [9.17, 15) is 22.4 Å². The average molecular weight is 580 g/mol. The van der Waals surface area contributed by atoms with Gasteiger partial charge >= 0.3 is 0 Å². The van der Waals surface area contributed by atoms with E-state index < -0.39 is 34.3 Å². The van der Waals surface area contributed by atoms with Crippen LogP contribution in [0, 0.1) is 26.6 Å². The van der Waals surface area contributed by atoms with Crippen molar-refractivity contribution in [1.82, 2.24) is 10.2 Å². The summed E-state index contributed by atoms with van der Waals surface area (Å²) in [4.78, 5) is 28.8. The Kier molecular flexibility index (Phi) is 9.48. The molecule has 1 N–H and O–H groups in total. The molecule has 1 atom stereocenters.